The number of rotatable bonds is 8. The van der Waals surface area contributed by atoms with Gasteiger partial charge in [0.05, 0.1) is 12.6 Å². The predicted octanol–water partition coefficient (Wildman–Crippen LogP) is 4.65. The van der Waals surface area contributed by atoms with E-state index in [1.54, 1.807) is 19.4 Å². The molecule has 3 aromatic rings. The summed E-state index contributed by atoms with van der Waals surface area (Å²) < 4.78 is 19.6. The van der Waals surface area contributed by atoms with Crippen molar-refractivity contribution in [3.05, 3.63) is 36.3 Å². The lowest BCUT2D eigenvalue weighted by Crippen LogP contribution is -2.48. The highest BCUT2D eigenvalue weighted by Crippen LogP contribution is 2.35. The van der Waals surface area contributed by atoms with Gasteiger partial charge in [-0.1, -0.05) is 13.8 Å². The molecule has 0 spiro atoms. The van der Waals surface area contributed by atoms with E-state index in [1.807, 2.05) is 29.1 Å². The summed E-state index contributed by atoms with van der Waals surface area (Å²) in [6.07, 6.45) is 6.95. The molecule has 5 heterocycles. The maximum Gasteiger partial charge on any atom is 0.227 e. The normalized spacial score (nSPS) is 20.7. The quantitative estimate of drug-likeness (QED) is 0.465. The van der Waals surface area contributed by atoms with Crippen molar-refractivity contribution in [3.8, 4) is 0 Å². The zero-order valence-electron chi connectivity index (χ0n) is 21.3. The molecule has 36 heavy (non-hydrogen) atoms. The maximum absolute atomic E-state index is 14.4. The molecule has 2 saturated heterocycles. The monoisotopic (exact) mass is 511 g/mol. The number of piperidine rings is 1. The average Bonchev–Trinajstić information content (AvgIpc) is 2.85. The van der Waals surface area contributed by atoms with E-state index in [4.69, 9.17) is 14.7 Å². The number of aromatic nitrogens is 4. The van der Waals surface area contributed by atoms with E-state index in [-0.39, 0.29) is 12.6 Å². The molecule has 0 bridgehead atoms. The van der Waals surface area contributed by atoms with E-state index in [0.717, 1.165) is 35.6 Å². The molecule has 0 aromatic carbocycles. The topological polar surface area (TPSA) is 79.3 Å². The molecule has 2 fully saturated rings. The lowest BCUT2D eigenvalue weighted by Gasteiger charge is -2.40. The number of nitrogens with zero attached hydrogens (tertiary/aromatic N) is 6. The highest BCUT2D eigenvalue weighted by molar-refractivity contribution is 7.98. The first-order valence-electron chi connectivity index (χ1n) is 12.5. The number of methoxy groups -OCH3 is 1. The first-order chi connectivity index (χ1) is 17.5. The SMILES string of the molecule is COC1CCN(c2nccc(Nc3cc4c(C(C)C)cnc(N5CC(CSC)C5)c4cn3)n2)CC1F. The maximum atomic E-state index is 14.4. The second-order valence-electron chi connectivity index (χ2n) is 9.93. The number of nitrogens with one attached hydrogen (secondary N) is 1. The number of fused-ring (bicyclic) bond motifs is 1. The summed E-state index contributed by atoms with van der Waals surface area (Å²) in [5.74, 6) is 5.08. The molecule has 2 aliphatic heterocycles. The number of hydrogen-bond donors (Lipinski definition) is 1. The minimum Gasteiger partial charge on any atom is -0.378 e. The van der Waals surface area contributed by atoms with Gasteiger partial charge >= 0.3 is 0 Å². The van der Waals surface area contributed by atoms with Gasteiger partial charge in [-0.15, -0.1) is 0 Å². The van der Waals surface area contributed by atoms with Gasteiger partial charge in [-0.25, -0.2) is 19.3 Å². The number of halogens is 1. The number of anilines is 4. The Morgan fingerprint density at radius 1 is 1.11 bits per heavy atom. The Morgan fingerprint density at radius 2 is 1.94 bits per heavy atom. The molecule has 2 unspecified atom stereocenters. The van der Waals surface area contributed by atoms with Crippen LogP contribution in [0.25, 0.3) is 10.8 Å². The van der Waals surface area contributed by atoms with Gasteiger partial charge in [0.15, 0.2) is 0 Å². The fraction of sp³-hybridized carbons (Fsp3) is 0.538. The van der Waals surface area contributed by atoms with E-state index < -0.39 is 6.17 Å². The van der Waals surface area contributed by atoms with Crippen LogP contribution in [0.4, 0.5) is 27.8 Å². The Morgan fingerprint density at radius 3 is 2.67 bits per heavy atom. The zero-order chi connectivity index (χ0) is 25.2. The van der Waals surface area contributed by atoms with Crippen molar-refractivity contribution in [3.63, 3.8) is 0 Å². The summed E-state index contributed by atoms with van der Waals surface area (Å²) in [7, 11) is 1.56. The summed E-state index contributed by atoms with van der Waals surface area (Å²) in [6.45, 7) is 7.31. The highest BCUT2D eigenvalue weighted by Gasteiger charge is 2.31. The van der Waals surface area contributed by atoms with Gasteiger partial charge in [0.2, 0.25) is 5.95 Å². The van der Waals surface area contributed by atoms with Crippen molar-refractivity contribution in [2.75, 3.05) is 60.4 Å². The van der Waals surface area contributed by atoms with Crippen LogP contribution in [0.1, 0.15) is 31.7 Å². The second-order valence-corrected chi connectivity index (χ2v) is 10.8. The van der Waals surface area contributed by atoms with Crippen molar-refractivity contribution in [2.45, 2.75) is 38.5 Å². The first kappa shape index (κ1) is 25.0. The van der Waals surface area contributed by atoms with E-state index in [9.17, 15) is 4.39 Å². The fourth-order valence-corrected chi connectivity index (χ4v) is 5.72. The molecule has 1 N–H and O–H groups in total. The van der Waals surface area contributed by atoms with Crippen LogP contribution in [-0.4, -0.2) is 77.5 Å². The molecule has 2 aliphatic rings. The van der Waals surface area contributed by atoms with Crippen molar-refractivity contribution >= 4 is 45.9 Å². The summed E-state index contributed by atoms with van der Waals surface area (Å²) in [4.78, 5) is 22.8. The van der Waals surface area contributed by atoms with Crippen molar-refractivity contribution in [1.82, 2.24) is 19.9 Å². The number of hydrogen-bond acceptors (Lipinski definition) is 9. The van der Waals surface area contributed by atoms with Crippen LogP contribution in [0.3, 0.4) is 0 Å². The molecule has 0 radical (unpaired) electrons. The molecule has 0 saturated carbocycles. The Hall–Kier alpha value is -2.72. The molecule has 0 amide bonds. The summed E-state index contributed by atoms with van der Waals surface area (Å²) in [5.41, 5.74) is 1.19. The molecule has 3 aromatic heterocycles. The molecular formula is C26H34FN7OS. The lowest BCUT2D eigenvalue weighted by atomic mass is 9.97. The summed E-state index contributed by atoms with van der Waals surface area (Å²) >= 11 is 1.90. The van der Waals surface area contributed by atoms with Crippen LogP contribution < -0.4 is 15.1 Å². The molecule has 0 aliphatic carbocycles. The zero-order valence-corrected chi connectivity index (χ0v) is 22.1. The van der Waals surface area contributed by atoms with E-state index >= 15 is 0 Å². The molecule has 10 heteroatoms. The Balaban J connectivity index is 1.38. The van der Waals surface area contributed by atoms with Gasteiger partial charge in [0.25, 0.3) is 0 Å². The van der Waals surface area contributed by atoms with Gasteiger partial charge in [-0.2, -0.15) is 16.7 Å². The van der Waals surface area contributed by atoms with Gasteiger partial charge in [-0.3, -0.25) is 0 Å². The molecule has 192 valence electrons. The standard InChI is InChI=1S/C26H34FN7OS/c1-16(2)19-10-30-25(34-12-17(13-34)15-36-4)20-11-29-24(9-18(19)20)31-23-5-7-28-26(32-23)33-8-6-22(35-3)21(27)14-33/h5,7,9-11,16-17,21-22H,6,8,12-15H2,1-4H3,(H,28,29,31,32). The third-order valence-corrected chi connectivity index (χ3v) is 7.83. The van der Waals surface area contributed by atoms with Crippen LogP contribution in [0.5, 0.6) is 0 Å². The highest BCUT2D eigenvalue weighted by atomic mass is 32.2. The largest absolute Gasteiger partial charge is 0.378 e. The van der Waals surface area contributed by atoms with Crippen LogP contribution >= 0.6 is 11.8 Å². The minimum atomic E-state index is -1.06. The van der Waals surface area contributed by atoms with Crippen LogP contribution in [-0.2, 0) is 4.74 Å². The van der Waals surface area contributed by atoms with Gasteiger partial charge in [0.1, 0.15) is 23.6 Å². The minimum absolute atomic E-state index is 0.220. The second kappa shape index (κ2) is 10.7. The first-order valence-corrected chi connectivity index (χ1v) is 13.9. The smallest absolute Gasteiger partial charge is 0.227 e. The van der Waals surface area contributed by atoms with Gasteiger partial charge in [0, 0.05) is 56.6 Å². The lowest BCUT2D eigenvalue weighted by molar-refractivity contribution is 0.0194. The third-order valence-electron chi connectivity index (χ3n) is 7.03. The van der Waals surface area contributed by atoms with Crippen molar-refractivity contribution < 1.29 is 9.13 Å². The Labute approximate surface area is 216 Å². The molecule has 5 rings (SSSR count). The third kappa shape index (κ3) is 5.06. The number of alkyl halides is 1. The average molecular weight is 512 g/mol. The predicted molar refractivity (Wildman–Crippen MR) is 146 cm³/mol. The number of pyridine rings is 2. The van der Waals surface area contributed by atoms with E-state index in [0.29, 0.717) is 36.5 Å². The number of thioether (sulfide) groups is 1. The van der Waals surface area contributed by atoms with Crippen LogP contribution in [0, 0.1) is 5.92 Å². The fourth-order valence-electron chi connectivity index (χ4n) is 5.04. The van der Waals surface area contributed by atoms with E-state index in [2.05, 4.69) is 46.4 Å². The van der Waals surface area contributed by atoms with Crippen molar-refractivity contribution in [1.29, 1.82) is 0 Å². The Kier molecular flexibility index (Phi) is 7.43. The van der Waals surface area contributed by atoms with Crippen molar-refractivity contribution in [2.24, 2.45) is 5.92 Å². The summed E-state index contributed by atoms with van der Waals surface area (Å²) in [5, 5.41) is 5.56. The van der Waals surface area contributed by atoms with E-state index in [1.165, 1.54) is 11.3 Å². The Bertz CT molecular complexity index is 1210. The molecular weight excluding hydrogens is 477 g/mol. The van der Waals surface area contributed by atoms with Crippen LogP contribution in [0.15, 0.2) is 30.7 Å². The summed E-state index contributed by atoms with van der Waals surface area (Å²) in [6, 6.07) is 3.88. The molecule has 8 nitrogen and oxygen atoms in total. The van der Waals surface area contributed by atoms with Crippen LogP contribution in [0.2, 0.25) is 0 Å². The van der Waals surface area contributed by atoms with Gasteiger partial charge < -0.3 is 19.9 Å². The number of ether oxygens (including phenoxy) is 1. The van der Waals surface area contributed by atoms with Gasteiger partial charge in [-0.05, 0) is 47.4 Å². The molecule has 2 atom stereocenters.